The van der Waals surface area contributed by atoms with Crippen LogP contribution in [0.5, 0.6) is 0 Å². The molecular weight excluding hydrogens is 483 g/mol. The molecule has 33 heavy (non-hydrogen) atoms. The minimum atomic E-state index is -4.29. The lowest BCUT2D eigenvalue weighted by Crippen LogP contribution is -2.44. The second kappa shape index (κ2) is 11.3. The predicted octanol–water partition coefficient (Wildman–Crippen LogP) is 0.738. The number of amides is 2. The minimum Gasteiger partial charge on any atom is -0.455 e. The lowest BCUT2D eigenvalue weighted by Gasteiger charge is -2.10. The van der Waals surface area contributed by atoms with Crippen LogP contribution in [0.4, 0.5) is 10.1 Å². The summed E-state index contributed by atoms with van der Waals surface area (Å²) in [6, 6.07) is 8.27. The summed E-state index contributed by atoms with van der Waals surface area (Å²) in [6.07, 6.45) is 1.59. The molecule has 0 aliphatic carbocycles. The molecule has 0 aromatic heterocycles. The molecule has 3 N–H and O–H groups in total. The van der Waals surface area contributed by atoms with Gasteiger partial charge in [-0.2, -0.15) is 4.72 Å². The highest BCUT2D eigenvalue weighted by molar-refractivity contribution is 7.98. The number of esters is 1. The van der Waals surface area contributed by atoms with E-state index >= 15 is 0 Å². The van der Waals surface area contributed by atoms with Gasteiger partial charge in [-0.25, -0.2) is 12.8 Å². The molecule has 0 saturated carbocycles. The third-order valence-electron chi connectivity index (χ3n) is 3.86. The zero-order valence-electron chi connectivity index (χ0n) is 16.9. The monoisotopic (exact) mass is 500 g/mol. The van der Waals surface area contributed by atoms with Crippen molar-refractivity contribution in [1.82, 2.24) is 15.6 Å². The topological polar surface area (TPSA) is 174 Å². The first-order chi connectivity index (χ1) is 15.5. The van der Waals surface area contributed by atoms with Crippen LogP contribution >= 0.6 is 11.8 Å². The molecule has 176 valence electrons. The molecule has 2 rings (SSSR count). The molecule has 12 nitrogen and oxygen atoms in total. The number of rotatable bonds is 9. The molecule has 2 amide bonds. The van der Waals surface area contributed by atoms with Gasteiger partial charge in [0.15, 0.2) is 6.61 Å². The number of thioether (sulfide) groups is 1. The molecule has 0 atom stereocenters. The summed E-state index contributed by atoms with van der Waals surface area (Å²) in [5.74, 6) is -3.86. The van der Waals surface area contributed by atoms with Gasteiger partial charge in [0.1, 0.15) is 12.4 Å². The Kier molecular flexibility index (Phi) is 8.84. The van der Waals surface area contributed by atoms with E-state index in [2.05, 4.69) is 4.74 Å². The summed E-state index contributed by atoms with van der Waals surface area (Å²) in [7, 11) is -4.29. The highest BCUT2D eigenvalue weighted by Crippen LogP contribution is 2.29. The molecule has 0 unspecified atom stereocenters. The van der Waals surface area contributed by atoms with Crippen LogP contribution in [0.15, 0.2) is 52.3 Å². The number of carbonyl (C=O) groups is 3. The molecule has 0 saturated heterocycles. The van der Waals surface area contributed by atoms with Gasteiger partial charge in [0.25, 0.3) is 17.5 Å². The predicted molar refractivity (Wildman–Crippen MR) is 113 cm³/mol. The van der Waals surface area contributed by atoms with Gasteiger partial charge in [-0.3, -0.25) is 35.3 Å². The summed E-state index contributed by atoms with van der Waals surface area (Å²) >= 11 is 1.06. The van der Waals surface area contributed by atoms with Crippen molar-refractivity contribution in [3.8, 4) is 0 Å². The molecule has 0 bridgehead atoms. The van der Waals surface area contributed by atoms with Crippen molar-refractivity contribution in [2.24, 2.45) is 0 Å². The molecule has 0 spiro atoms. The van der Waals surface area contributed by atoms with Crippen LogP contribution in [0, 0.1) is 15.9 Å². The minimum absolute atomic E-state index is 0.256. The zero-order chi connectivity index (χ0) is 24.6. The maximum absolute atomic E-state index is 13.5. The van der Waals surface area contributed by atoms with E-state index in [1.54, 1.807) is 6.26 Å². The van der Waals surface area contributed by atoms with Crippen molar-refractivity contribution < 1.29 is 36.9 Å². The number of halogens is 1. The fourth-order valence-corrected chi connectivity index (χ4v) is 3.82. The van der Waals surface area contributed by atoms with Crippen LogP contribution in [-0.4, -0.2) is 50.5 Å². The smallest absolute Gasteiger partial charge is 0.321 e. The first-order valence-corrected chi connectivity index (χ1v) is 11.6. The Morgan fingerprint density at radius 3 is 2.48 bits per heavy atom. The molecule has 0 radical (unpaired) electrons. The Labute approximate surface area is 191 Å². The Morgan fingerprint density at radius 1 is 1.15 bits per heavy atom. The summed E-state index contributed by atoms with van der Waals surface area (Å²) in [4.78, 5) is 45.3. The van der Waals surface area contributed by atoms with Crippen LogP contribution in [0.25, 0.3) is 0 Å². The number of nitrogens with one attached hydrogen (secondary N) is 3. The van der Waals surface area contributed by atoms with Gasteiger partial charge in [0, 0.05) is 6.07 Å². The number of nitro groups is 1. The highest BCUT2D eigenvalue weighted by atomic mass is 32.2. The van der Waals surface area contributed by atoms with Gasteiger partial charge in [-0.05, 0) is 30.5 Å². The van der Waals surface area contributed by atoms with Crippen molar-refractivity contribution in [2.75, 3.05) is 19.4 Å². The number of nitro benzene ring substituents is 1. The van der Waals surface area contributed by atoms with Crippen molar-refractivity contribution in [3.63, 3.8) is 0 Å². The first-order valence-electron chi connectivity index (χ1n) is 8.86. The molecule has 2 aromatic rings. The number of ether oxygens (including phenoxy) is 1. The maximum atomic E-state index is 13.5. The van der Waals surface area contributed by atoms with Crippen molar-refractivity contribution in [2.45, 2.75) is 9.79 Å². The molecule has 2 aromatic carbocycles. The SMILES string of the molecule is CSc1ccc(S(=O)(=O)NCC(=O)OCC(=O)NNC(=O)c2ccccc2F)cc1[N+](=O)[O-]. The first kappa shape index (κ1) is 25.7. The molecule has 0 fully saturated rings. The van der Waals surface area contributed by atoms with Crippen molar-refractivity contribution in [3.05, 3.63) is 64.0 Å². The largest absolute Gasteiger partial charge is 0.455 e. The molecule has 0 aliphatic heterocycles. The quantitative estimate of drug-likeness (QED) is 0.194. The van der Waals surface area contributed by atoms with Crippen molar-refractivity contribution in [1.29, 1.82) is 0 Å². The van der Waals surface area contributed by atoms with Gasteiger partial charge in [0.2, 0.25) is 10.0 Å². The number of carbonyl (C=O) groups excluding carboxylic acids is 3. The molecule has 0 heterocycles. The summed E-state index contributed by atoms with van der Waals surface area (Å²) < 4.78 is 44.5. The van der Waals surface area contributed by atoms with E-state index in [-0.39, 0.29) is 10.5 Å². The standard InChI is InChI=1S/C18H17FN4O8S2/c1-32-15-7-6-11(8-14(15)23(27)28)33(29,30)20-9-17(25)31-10-16(24)21-22-18(26)12-4-2-3-5-13(12)19/h2-8,20H,9-10H2,1H3,(H,21,24)(H,22,26). The van der Waals surface area contributed by atoms with Crippen LogP contribution in [0.3, 0.4) is 0 Å². The van der Waals surface area contributed by atoms with E-state index < -0.39 is 62.3 Å². The maximum Gasteiger partial charge on any atom is 0.321 e. The van der Waals surface area contributed by atoms with E-state index in [9.17, 15) is 37.3 Å². The summed E-state index contributed by atoms with van der Waals surface area (Å²) in [5, 5.41) is 11.1. The Morgan fingerprint density at radius 2 is 1.85 bits per heavy atom. The second-order valence-corrected chi connectivity index (χ2v) is 8.67. The Hall–Kier alpha value is -3.56. The van der Waals surface area contributed by atoms with E-state index in [1.165, 1.54) is 24.3 Å². The number of benzene rings is 2. The number of nitrogens with zero attached hydrogens (tertiary/aromatic N) is 1. The number of sulfonamides is 1. The molecule has 15 heteroatoms. The van der Waals surface area contributed by atoms with Gasteiger partial charge < -0.3 is 4.74 Å². The van der Waals surface area contributed by atoms with Crippen LogP contribution in [0.2, 0.25) is 0 Å². The van der Waals surface area contributed by atoms with E-state index in [4.69, 9.17) is 0 Å². The van der Waals surface area contributed by atoms with E-state index in [1.807, 2.05) is 15.6 Å². The fraction of sp³-hybridized carbons (Fsp3) is 0.167. The molecule has 0 aliphatic rings. The summed E-state index contributed by atoms with van der Waals surface area (Å²) in [5.41, 5.74) is 3.09. The normalized spacial score (nSPS) is 10.8. The van der Waals surface area contributed by atoms with E-state index in [0.29, 0.717) is 0 Å². The number of hydrazine groups is 1. The van der Waals surface area contributed by atoms with Gasteiger partial charge in [-0.1, -0.05) is 12.1 Å². The van der Waals surface area contributed by atoms with Crippen LogP contribution in [0.1, 0.15) is 10.4 Å². The third-order valence-corrected chi connectivity index (χ3v) is 6.05. The van der Waals surface area contributed by atoms with Gasteiger partial charge in [0.05, 0.1) is 20.3 Å². The second-order valence-electron chi connectivity index (χ2n) is 6.06. The summed E-state index contributed by atoms with van der Waals surface area (Å²) in [6.45, 7) is -1.73. The van der Waals surface area contributed by atoms with Crippen LogP contribution < -0.4 is 15.6 Å². The highest BCUT2D eigenvalue weighted by Gasteiger charge is 2.22. The lowest BCUT2D eigenvalue weighted by molar-refractivity contribution is -0.388. The van der Waals surface area contributed by atoms with Crippen molar-refractivity contribution >= 4 is 45.3 Å². The van der Waals surface area contributed by atoms with Gasteiger partial charge in [-0.15, -0.1) is 11.8 Å². The number of hydrogen-bond acceptors (Lipinski definition) is 9. The third kappa shape index (κ3) is 7.23. The average molecular weight is 500 g/mol. The average Bonchev–Trinajstić information content (AvgIpc) is 2.79. The van der Waals surface area contributed by atoms with Gasteiger partial charge >= 0.3 is 5.97 Å². The Bertz CT molecular complexity index is 1190. The number of hydrogen-bond donors (Lipinski definition) is 3. The van der Waals surface area contributed by atoms with Crippen LogP contribution in [-0.2, 0) is 24.3 Å². The molecular formula is C18H17FN4O8S2. The van der Waals surface area contributed by atoms with E-state index in [0.717, 1.165) is 30.0 Å². The lowest BCUT2D eigenvalue weighted by atomic mass is 10.2. The fourth-order valence-electron chi connectivity index (χ4n) is 2.29. The Balaban J connectivity index is 1.84. The zero-order valence-corrected chi connectivity index (χ0v) is 18.5.